The van der Waals surface area contributed by atoms with Gasteiger partial charge in [-0.2, -0.15) is 0 Å². The quantitative estimate of drug-likeness (QED) is 0.902. The van der Waals surface area contributed by atoms with Crippen LogP contribution in [0.1, 0.15) is 12.0 Å². The molecule has 106 valence electrons. The molecule has 1 aromatic carbocycles. The van der Waals surface area contributed by atoms with Gasteiger partial charge in [0.2, 0.25) is 0 Å². The smallest absolute Gasteiger partial charge is 0.147 e. The third-order valence-electron chi connectivity index (χ3n) is 3.04. The highest BCUT2D eigenvalue weighted by molar-refractivity contribution is 9.10. The van der Waals surface area contributed by atoms with E-state index in [0.29, 0.717) is 6.54 Å². The van der Waals surface area contributed by atoms with Gasteiger partial charge < -0.3 is 10.6 Å². The average molecular weight is 338 g/mol. The average Bonchev–Trinajstić information content (AvgIpc) is 2.45. The second kappa shape index (κ2) is 6.81. The molecule has 0 saturated heterocycles. The number of anilines is 2. The number of benzene rings is 1. The number of aryl methyl sites for hydroxylation is 1. The minimum Gasteiger partial charge on any atom is -0.330 e. The fraction of sp³-hybridized carbons (Fsp3) is 0.267. The third-order valence-corrected chi connectivity index (χ3v) is 4.02. The standard InChI is InChI=1S/C15H17BrFN3/c1-11-7-9-19-15(14(11)16)20(10-2-8-18)13-5-3-12(17)4-6-13/h3-7,9H,2,8,10,18H2,1H3. The van der Waals surface area contributed by atoms with Crippen LogP contribution in [0.5, 0.6) is 0 Å². The first kappa shape index (κ1) is 14.9. The molecule has 0 amide bonds. The lowest BCUT2D eigenvalue weighted by atomic mass is 10.2. The molecule has 1 aromatic heterocycles. The second-order valence-electron chi connectivity index (χ2n) is 4.54. The van der Waals surface area contributed by atoms with Gasteiger partial charge in [0.25, 0.3) is 0 Å². The van der Waals surface area contributed by atoms with Gasteiger partial charge in [0.1, 0.15) is 11.6 Å². The summed E-state index contributed by atoms with van der Waals surface area (Å²) in [4.78, 5) is 6.48. The minimum absolute atomic E-state index is 0.246. The second-order valence-corrected chi connectivity index (χ2v) is 5.33. The number of hydrogen-bond donors (Lipinski definition) is 1. The van der Waals surface area contributed by atoms with E-state index in [-0.39, 0.29) is 5.82 Å². The van der Waals surface area contributed by atoms with Crippen molar-refractivity contribution in [2.45, 2.75) is 13.3 Å². The number of halogens is 2. The van der Waals surface area contributed by atoms with Gasteiger partial charge in [0.15, 0.2) is 0 Å². The lowest BCUT2D eigenvalue weighted by molar-refractivity contribution is 0.627. The lowest BCUT2D eigenvalue weighted by Crippen LogP contribution is -2.22. The summed E-state index contributed by atoms with van der Waals surface area (Å²) in [5, 5.41) is 0. The summed E-state index contributed by atoms with van der Waals surface area (Å²) in [5.41, 5.74) is 7.61. The number of aromatic nitrogens is 1. The maximum absolute atomic E-state index is 13.1. The number of nitrogens with zero attached hydrogens (tertiary/aromatic N) is 2. The highest BCUT2D eigenvalue weighted by atomic mass is 79.9. The molecule has 20 heavy (non-hydrogen) atoms. The molecule has 2 aromatic rings. The van der Waals surface area contributed by atoms with Crippen molar-refractivity contribution in [3.63, 3.8) is 0 Å². The van der Waals surface area contributed by atoms with Crippen molar-refractivity contribution in [2.75, 3.05) is 18.0 Å². The molecule has 3 nitrogen and oxygen atoms in total. The Balaban J connectivity index is 2.41. The molecule has 0 aliphatic rings. The van der Waals surface area contributed by atoms with Gasteiger partial charge in [-0.25, -0.2) is 9.37 Å². The monoisotopic (exact) mass is 337 g/mol. The Morgan fingerprint density at radius 2 is 1.95 bits per heavy atom. The van der Waals surface area contributed by atoms with Gasteiger partial charge in [-0.15, -0.1) is 0 Å². The zero-order chi connectivity index (χ0) is 14.5. The normalized spacial score (nSPS) is 10.6. The lowest BCUT2D eigenvalue weighted by Gasteiger charge is -2.25. The van der Waals surface area contributed by atoms with Crippen molar-refractivity contribution < 1.29 is 4.39 Å². The van der Waals surface area contributed by atoms with E-state index in [9.17, 15) is 4.39 Å². The zero-order valence-corrected chi connectivity index (χ0v) is 12.9. The van der Waals surface area contributed by atoms with E-state index >= 15 is 0 Å². The van der Waals surface area contributed by atoms with Gasteiger partial charge in [0, 0.05) is 18.4 Å². The molecule has 0 saturated carbocycles. The number of rotatable bonds is 5. The van der Waals surface area contributed by atoms with Gasteiger partial charge in [0.05, 0.1) is 4.47 Å². The van der Waals surface area contributed by atoms with E-state index in [4.69, 9.17) is 5.73 Å². The molecule has 0 atom stereocenters. The Hall–Kier alpha value is -1.46. The molecule has 1 heterocycles. The molecule has 5 heteroatoms. The molecule has 0 radical (unpaired) electrons. The first-order valence-corrected chi connectivity index (χ1v) is 7.27. The molecule has 0 aliphatic heterocycles. The molecule has 0 unspecified atom stereocenters. The minimum atomic E-state index is -0.246. The van der Waals surface area contributed by atoms with Crippen LogP contribution in [0.4, 0.5) is 15.9 Å². The van der Waals surface area contributed by atoms with Crippen molar-refractivity contribution in [2.24, 2.45) is 5.73 Å². The van der Waals surface area contributed by atoms with Crippen LogP contribution >= 0.6 is 15.9 Å². The highest BCUT2D eigenvalue weighted by Gasteiger charge is 2.14. The summed E-state index contributed by atoms with van der Waals surface area (Å²) in [6.45, 7) is 3.35. The fourth-order valence-electron chi connectivity index (χ4n) is 1.94. The first-order valence-electron chi connectivity index (χ1n) is 6.47. The van der Waals surface area contributed by atoms with Gasteiger partial charge in [-0.05, 0) is 71.7 Å². The predicted octanol–water partition coefficient (Wildman–Crippen LogP) is 3.78. The third kappa shape index (κ3) is 3.35. The van der Waals surface area contributed by atoms with Crippen LogP contribution in [0, 0.1) is 12.7 Å². The SMILES string of the molecule is Cc1ccnc(N(CCCN)c2ccc(F)cc2)c1Br. The summed E-state index contributed by atoms with van der Waals surface area (Å²) in [5.74, 6) is 0.578. The van der Waals surface area contributed by atoms with E-state index in [1.165, 1.54) is 12.1 Å². The largest absolute Gasteiger partial charge is 0.330 e. The van der Waals surface area contributed by atoms with Crippen LogP contribution in [0.15, 0.2) is 41.0 Å². The number of hydrogen-bond acceptors (Lipinski definition) is 3. The van der Waals surface area contributed by atoms with Crippen LogP contribution < -0.4 is 10.6 Å². The molecule has 0 spiro atoms. The molecule has 0 fully saturated rings. The van der Waals surface area contributed by atoms with Gasteiger partial charge in [-0.1, -0.05) is 0 Å². The van der Waals surface area contributed by atoms with Crippen molar-refractivity contribution in [3.05, 3.63) is 52.4 Å². The summed E-state index contributed by atoms with van der Waals surface area (Å²) in [7, 11) is 0. The predicted molar refractivity (Wildman–Crippen MR) is 83.8 cm³/mol. The van der Waals surface area contributed by atoms with Crippen LogP contribution in [-0.2, 0) is 0 Å². The summed E-state index contributed by atoms with van der Waals surface area (Å²) >= 11 is 3.57. The van der Waals surface area contributed by atoms with Crippen molar-refractivity contribution in [3.8, 4) is 0 Å². The van der Waals surface area contributed by atoms with Crippen LogP contribution in [0.3, 0.4) is 0 Å². The zero-order valence-electron chi connectivity index (χ0n) is 11.3. The summed E-state index contributed by atoms with van der Waals surface area (Å²) < 4.78 is 14.0. The highest BCUT2D eigenvalue weighted by Crippen LogP contribution is 2.32. The Labute approximate surface area is 126 Å². The van der Waals surface area contributed by atoms with Gasteiger partial charge in [-0.3, -0.25) is 0 Å². The molecule has 2 rings (SSSR count). The van der Waals surface area contributed by atoms with E-state index < -0.39 is 0 Å². The molecule has 0 bridgehead atoms. The molecular formula is C15H17BrFN3. The Kier molecular flexibility index (Phi) is 5.09. The summed E-state index contributed by atoms with van der Waals surface area (Å²) in [6, 6.07) is 8.35. The van der Waals surface area contributed by atoms with E-state index in [2.05, 4.69) is 20.9 Å². The van der Waals surface area contributed by atoms with E-state index in [0.717, 1.165) is 34.5 Å². The van der Waals surface area contributed by atoms with Crippen molar-refractivity contribution in [1.82, 2.24) is 4.98 Å². The first-order chi connectivity index (χ1) is 9.63. The Morgan fingerprint density at radius 3 is 2.60 bits per heavy atom. The van der Waals surface area contributed by atoms with Crippen LogP contribution in [0.2, 0.25) is 0 Å². The van der Waals surface area contributed by atoms with Gasteiger partial charge >= 0.3 is 0 Å². The maximum atomic E-state index is 13.1. The molecule has 0 aliphatic carbocycles. The Morgan fingerprint density at radius 1 is 1.25 bits per heavy atom. The molecular weight excluding hydrogens is 321 g/mol. The molecule has 2 N–H and O–H groups in total. The fourth-order valence-corrected chi connectivity index (χ4v) is 2.39. The van der Waals surface area contributed by atoms with Crippen molar-refractivity contribution in [1.29, 1.82) is 0 Å². The summed E-state index contributed by atoms with van der Waals surface area (Å²) in [6.07, 6.45) is 2.60. The van der Waals surface area contributed by atoms with E-state index in [1.807, 2.05) is 17.9 Å². The number of nitrogens with two attached hydrogens (primary N) is 1. The van der Waals surface area contributed by atoms with E-state index in [1.54, 1.807) is 18.3 Å². The van der Waals surface area contributed by atoms with Crippen LogP contribution in [0.25, 0.3) is 0 Å². The Bertz CT molecular complexity index is 572. The maximum Gasteiger partial charge on any atom is 0.147 e. The van der Waals surface area contributed by atoms with Crippen LogP contribution in [-0.4, -0.2) is 18.1 Å². The topological polar surface area (TPSA) is 42.2 Å². The number of pyridine rings is 1. The van der Waals surface area contributed by atoms with Crippen molar-refractivity contribution >= 4 is 27.4 Å².